The first-order chi connectivity index (χ1) is 7.75. The molecule has 0 spiro atoms. The maximum Gasteiger partial charge on any atom is 0.0917 e. The fourth-order valence-corrected chi connectivity index (χ4v) is 2.16. The molecule has 2 rings (SSSR count). The second-order valence-corrected chi connectivity index (χ2v) is 4.56. The SMILES string of the molecule is OC(CN1CCNCC1)c1cccc(Cl)c1. The Bertz CT molecular complexity index is 340. The number of β-amino-alcohol motifs (C(OH)–C–C–N with tert-alkyl or cyclic N) is 1. The summed E-state index contributed by atoms with van der Waals surface area (Å²) in [5.41, 5.74) is 0.894. The van der Waals surface area contributed by atoms with Gasteiger partial charge in [0.15, 0.2) is 0 Å². The van der Waals surface area contributed by atoms with Gasteiger partial charge in [0, 0.05) is 37.7 Å². The highest BCUT2D eigenvalue weighted by Crippen LogP contribution is 2.18. The van der Waals surface area contributed by atoms with Crippen LogP contribution >= 0.6 is 11.6 Å². The molecule has 0 aliphatic carbocycles. The molecule has 1 aromatic carbocycles. The smallest absolute Gasteiger partial charge is 0.0917 e. The molecule has 1 atom stereocenters. The fourth-order valence-electron chi connectivity index (χ4n) is 1.96. The summed E-state index contributed by atoms with van der Waals surface area (Å²) in [5.74, 6) is 0. The van der Waals surface area contributed by atoms with Crippen molar-refractivity contribution in [2.75, 3.05) is 32.7 Å². The highest BCUT2D eigenvalue weighted by molar-refractivity contribution is 6.30. The number of aliphatic hydroxyl groups excluding tert-OH is 1. The number of halogens is 1. The van der Waals surface area contributed by atoms with Gasteiger partial charge in [0.05, 0.1) is 6.10 Å². The number of benzene rings is 1. The Kier molecular flexibility index (Phi) is 4.18. The minimum atomic E-state index is -0.447. The minimum absolute atomic E-state index is 0.447. The van der Waals surface area contributed by atoms with Gasteiger partial charge >= 0.3 is 0 Å². The molecule has 88 valence electrons. The molecule has 1 heterocycles. The van der Waals surface area contributed by atoms with Crippen molar-refractivity contribution in [3.05, 3.63) is 34.9 Å². The number of aliphatic hydroxyl groups is 1. The normalized spacial score (nSPS) is 19.6. The van der Waals surface area contributed by atoms with Gasteiger partial charge in [0.25, 0.3) is 0 Å². The van der Waals surface area contributed by atoms with Crippen LogP contribution in [0.5, 0.6) is 0 Å². The quantitative estimate of drug-likeness (QED) is 0.836. The third-order valence-electron chi connectivity index (χ3n) is 2.87. The second kappa shape index (κ2) is 5.64. The molecule has 1 aliphatic rings. The van der Waals surface area contributed by atoms with Crippen LogP contribution in [-0.2, 0) is 0 Å². The molecule has 0 radical (unpaired) electrons. The molecule has 1 unspecified atom stereocenters. The zero-order valence-corrected chi connectivity index (χ0v) is 9.95. The van der Waals surface area contributed by atoms with E-state index in [1.54, 1.807) is 0 Å². The van der Waals surface area contributed by atoms with Gasteiger partial charge in [-0.05, 0) is 17.7 Å². The lowest BCUT2D eigenvalue weighted by Gasteiger charge is -2.29. The molecule has 2 N–H and O–H groups in total. The molecule has 0 saturated carbocycles. The predicted octanol–water partition coefficient (Wildman–Crippen LogP) is 1.28. The minimum Gasteiger partial charge on any atom is -0.387 e. The van der Waals surface area contributed by atoms with Gasteiger partial charge in [0.2, 0.25) is 0 Å². The van der Waals surface area contributed by atoms with Crippen molar-refractivity contribution in [2.24, 2.45) is 0 Å². The lowest BCUT2D eigenvalue weighted by molar-refractivity contribution is 0.105. The summed E-state index contributed by atoms with van der Waals surface area (Å²) in [7, 11) is 0. The van der Waals surface area contributed by atoms with Crippen LogP contribution in [0.15, 0.2) is 24.3 Å². The Morgan fingerprint density at radius 1 is 1.38 bits per heavy atom. The summed E-state index contributed by atoms with van der Waals surface area (Å²) in [6.45, 7) is 4.68. The van der Waals surface area contributed by atoms with E-state index in [-0.39, 0.29) is 0 Å². The fraction of sp³-hybridized carbons (Fsp3) is 0.500. The lowest BCUT2D eigenvalue weighted by atomic mass is 10.1. The number of piperazine rings is 1. The first-order valence-corrected chi connectivity index (χ1v) is 6.00. The van der Waals surface area contributed by atoms with Crippen LogP contribution in [0, 0.1) is 0 Å². The Morgan fingerprint density at radius 3 is 2.81 bits per heavy atom. The van der Waals surface area contributed by atoms with Crippen molar-refractivity contribution in [3.8, 4) is 0 Å². The first kappa shape index (κ1) is 11.9. The predicted molar refractivity (Wildman–Crippen MR) is 65.7 cm³/mol. The molecule has 1 saturated heterocycles. The van der Waals surface area contributed by atoms with E-state index < -0.39 is 6.10 Å². The largest absolute Gasteiger partial charge is 0.387 e. The van der Waals surface area contributed by atoms with E-state index in [0.29, 0.717) is 11.6 Å². The molecule has 1 aromatic rings. The number of nitrogens with one attached hydrogen (secondary N) is 1. The van der Waals surface area contributed by atoms with Crippen molar-refractivity contribution in [3.63, 3.8) is 0 Å². The zero-order valence-electron chi connectivity index (χ0n) is 9.19. The van der Waals surface area contributed by atoms with Crippen LogP contribution in [0.2, 0.25) is 5.02 Å². The van der Waals surface area contributed by atoms with E-state index in [0.717, 1.165) is 31.7 Å². The van der Waals surface area contributed by atoms with E-state index >= 15 is 0 Å². The third-order valence-corrected chi connectivity index (χ3v) is 3.11. The van der Waals surface area contributed by atoms with Crippen molar-refractivity contribution in [2.45, 2.75) is 6.10 Å². The van der Waals surface area contributed by atoms with Gasteiger partial charge in [-0.25, -0.2) is 0 Å². The number of nitrogens with zero attached hydrogens (tertiary/aromatic N) is 1. The van der Waals surface area contributed by atoms with Crippen LogP contribution in [0.3, 0.4) is 0 Å². The molecule has 1 fully saturated rings. The van der Waals surface area contributed by atoms with E-state index in [4.69, 9.17) is 11.6 Å². The molecule has 0 aromatic heterocycles. The van der Waals surface area contributed by atoms with E-state index in [1.165, 1.54) is 0 Å². The van der Waals surface area contributed by atoms with Gasteiger partial charge in [-0.3, -0.25) is 4.90 Å². The van der Waals surface area contributed by atoms with Gasteiger partial charge < -0.3 is 10.4 Å². The maximum absolute atomic E-state index is 10.1. The Morgan fingerprint density at radius 2 is 2.12 bits per heavy atom. The molecule has 0 bridgehead atoms. The molecule has 0 amide bonds. The van der Waals surface area contributed by atoms with E-state index in [1.807, 2.05) is 24.3 Å². The summed E-state index contributed by atoms with van der Waals surface area (Å²) in [4.78, 5) is 2.27. The maximum atomic E-state index is 10.1. The Hall–Kier alpha value is -0.610. The summed E-state index contributed by atoms with van der Waals surface area (Å²) in [5, 5.41) is 14.0. The molecule has 16 heavy (non-hydrogen) atoms. The number of rotatable bonds is 3. The van der Waals surface area contributed by atoms with E-state index in [2.05, 4.69) is 10.2 Å². The van der Waals surface area contributed by atoms with Crippen molar-refractivity contribution in [1.29, 1.82) is 0 Å². The van der Waals surface area contributed by atoms with Gasteiger partial charge in [0.1, 0.15) is 0 Å². The average molecular weight is 241 g/mol. The molecule has 3 nitrogen and oxygen atoms in total. The van der Waals surface area contributed by atoms with Crippen LogP contribution in [-0.4, -0.2) is 42.7 Å². The molecule has 4 heteroatoms. The number of hydrogen-bond acceptors (Lipinski definition) is 3. The van der Waals surface area contributed by atoms with Gasteiger partial charge in [-0.2, -0.15) is 0 Å². The summed E-state index contributed by atoms with van der Waals surface area (Å²) < 4.78 is 0. The topological polar surface area (TPSA) is 35.5 Å². The van der Waals surface area contributed by atoms with Crippen molar-refractivity contribution >= 4 is 11.6 Å². The van der Waals surface area contributed by atoms with Crippen molar-refractivity contribution < 1.29 is 5.11 Å². The molecule has 1 aliphatic heterocycles. The lowest BCUT2D eigenvalue weighted by Crippen LogP contribution is -2.44. The Balaban J connectivity index is 1.94. The van der Waals surface area contributed by atoms with Crippen LogP contribution < -0.4 is 5.32 Å². The third kappa shape index (κ3) is 3.19. The molecular weight excluding hydrogens is 224 g/mol. The van der Waals surface area contributed by atoms with Crippen LogP contribution in [0.25, 0.3) is 0 Å². The van der Waals surface area contributed by atoms with Crippen LogP contribution in [0.1, 0.15) is 11.7 Å². The zero-order chi connectivity index (χ0) is 11.4. The van der Waals surface area contributed by atoms with E-state index in [9.17, 15) is 5.11 Å². The van der Waals surface area contributed by atoms with Gasteiger partial charge in [-0.1, -0.05) is 23.7 Å². The highest BCUT2D eigenvalue weighted by atomic mass is 35.5. The summed E-state index contributed by atoms with van der Waals surface area (Å²) in [6, 6.07) is 7.44. The standard InChI is InChI=1S/C12H17ClN2O/c13-11-3-1-2-10(8-11)12(16)9-15-6-4-14-5-7-15/h1-3,8,12,14,16H,4-7,9H2. The summed E-state index contributed by atoms with van der Waals surface area (Å²) in [6.07, 6.45) is -0.447. The average Bonchev–Trinajstić information content (AvgIpc) is 2.30. The first-order valence-electron chi connectivity index (χ1n) is 5.62. The number of hydrogen-bond donors (Lipinski definition) is 2. The van der Waals surface area contributed by atoms with Crippen LogP contribution in [0.4, 0.5) is 0 Å². The van der Waals surface area contributed by atoms with Crippen molar-refractivity contribution in [1.82, 2.24) is 10.2 Å². The molecular formula is C12H17ClN2O. The highest BCUT2D eigenvalue weighted by Gasteiger charge is 2.15. The summed E-state index contributed by atoms with van der Waals surface area (Å²) >= 11 is 5.90. The monoisotopic (exact) mass is 240 g/mol. The van der Waals surface area contributed by atoms with Gasteiger partial charge in [-0.15, -0.1) is 0 Å². The Labute approximate surface area is 101 Å². The second-order valence-electron chi connectivity index (χ2n) is 4.12.